The van der Waals surface area contributed by atoms with E-state index in [0.717, 1.165) is 10.0 Å². The fourth-order valence-electron chi connectivity index (χ4n) is 2.46. The third-order valence-electron chi connectivity index (χ3n) is 3.90. The van der Waals surface area contributed by atoms with E-state index in [2.05, 4.69) is 21.2 Å². The first kappa shape index (κ1) is 20.9. The largest absolute Gasteiger partial charge is 0.321 e. The normalized spacial score (nSPS) is 11.6. The number of halogens is 2. The van der Waals surface area contributed by atoms with Crippen LogP contribution in [-0.4, -0.2) is 31.7 Å². The third-order valence-corrected chi connectivity index (χ3v) is 6.93. The first-order chi connectivity index (χ1) is 12.2. The first-order valence-corrected chi connectivity index (χ1v) is 10.7. The molecule has 0 aliphatic heterocycles. The maximum atomic E-state index is 12.7. The quantitative estimate of drug-likeness (QED) is 0.681. The van der Waals surface area contributed by atoms with Gasteiger partial charge in [0, 0.05) is 17.6 Å². The van der Waals surface area contributed by atoms with E-state index in [9.17, 15) is 13.2 Å². The molecule has 0 aliphatic carbocycles. The number of anilines is 1. The molecule has 0 atom stereocenters. The summed E-state index contributed by atoms with van der Waals surface area (Å²) >= 11 is 9.54. The Balaban J connectivity index is 2.39. The van der Waals surface area contributed by atoms with Crippen molar-refractivity contribution < 1.29 is 13.2 Å². The molecule has 2 aromatic carbocycles. The molecule has 0 radical (unpaired) electrons. The number of amides is 1. The van der Waals surface area contributed by atoms with Gasteiger partial charge in [0.15, 0.2) is 0 Å². The fraction of sp³-hybridized carbons (Fsp3) is 0.278. The zero-order valence-electron chi connectivity index (χ0n) is 14.7. The topological polar surface area (TPSA) is 66.5 Å². The van der Waals surface area contributed by atoms with Gasteiger partial charge in [0.05, 0.1) is 21.2 Å². The van der Waals surface area contributed by atoms with Crippen LogP contribution >= 0.6 is 27.5 Å². The van der Waals surface area contributed by atoms with Crippen molar-refractivity contribution in [3.8, 4) is 0 Å². The van der Waals surface area contributed by atoms with Gasteiger partial charge in [-0.1, -0.05) is 31.5 Å². The van der Waals surface area contributed by atoms with Crippen LogP contribution in [0.15, 0.2) is 45.8 Å². The molecule has 1 N–H and O–H groups in total. The molecule has 2 rings (SSSR count). The standard InChI is InChI=1S/C18H20BrClN2O3S/c1-4-22(5-2)26(24,25)13-7-8-16(20)14(11-13)18(23)21-17-9-6-12(3)10-15(17)19/h6-11H,4-5H2,1-3H3,(H,21,23). The van der Waals surface area contributed by atoms with Crippen molar-refractivity contribution in [2.24, 2.45) is 0 Å². The molecule has 0 unspecified atom stereocenters. The zero-order chi connectivity index (χ0) is 19.5. The highest BCUT2D eigenvalue weighted by atomic mass is 79.9. The van der Waals surface area contributed by atoms with E-state index in [1.54, 1.807) is 19.9 Å². The van der Waals surface area contributed by atoms with E-state index in [0.29, 0.717) is 18.8 Å². The summed E-state index contributed by atoms with van der Waals surface area (Å²) in [6, 6.07) is 9.66. The van der Waals surface area contributed by atoms with Crippen LogP contribution in [0.1, 0.15) is 29.8 Å². The Morgan fingerprint density at radius 2 is 1.81 bits per heavy atom. The minimum atomic E-state index is -3.68. The summed E-state index contributed by atoms with van der Waals surface area (Å²) in [7, 11) is -3.68. The molecule has 0 heterocycles. The summed E-state index contributed by atoms with van der Waals surface area (Å²) in [4.78, 5) is 12.7. The van der Waals surface area contributed by atoms with Gasteiger partial charge < -0.3 is 5.32 Å². The maximum absolute atomic E-state index is 12.7. The molecular formula is C18H20BrClN2O3S. The van der Waals surface area contributed by atoms with Gasteiger partial charge in [0.25, 0.3) is 5.91 Å². The summed E-state index contributed by atoms with van der Waals surface area (Å²) in [5.74, 6) is -0.476. The second-order valence-corrected chi connectivity index (χ2v) is 8.87. The van der Waals surface area contributed by atoms with Crippen LogP contribution in [0.25, 0.3) is 0 Å². The van der Waals surface area contributed by atoms with Crippen LogP contribution in [0.4, 0.5) is 5.69 Å². The first-order valence-electron chi connectivity index (χ1n) is 8.07. The number of benzene rings is 2. The molecule has 0 saturated heterocycles. The number of aryl methyl sites for hydroxylation is 1. The lowest BCUT2D eigenvalue weighted by molar-refractivity contribution is 0.102. The van der Waals surface area contributed by atoms with E-state index in [-0.39, 0.29) is 15.5 Å². The Kier molecular flexibility index (Phi) is 6.85. The highest BCUT2D eigenvalue weighted by molar-refractivity contribution is 9.10. The molecule has 0 spiro atoms. The summed E-state index contributed by atoms with van der Waals surface area (Å²) in [5.41, 5.74) is 1.72. The van der Waals surface area contributed by atoms with Gasteiger partial charge in [-0.15, -0.1) is 0 Å². The second-order valence-electron chi connectivity index (χ2n) is 5.67. The van der Waals surface area contributed by atoms with E-state index >= 15 is 0 Å². The molecule has 2 aromatic rings. The van der Waals surface area contributed by atoms with Gasteiger partial charge in [0.1, 0.15) is 0 Å². The number of carbonyl (C=O) groups excluding carboxylic acids is 1. The van der Waals surface area contributed by atoms with Crippen molar-refractivity contribution in [1.29, 1.82) is 0 Å². The molecule has 0 aliphatic rings. The third kappa shape index (κ3) is 4.46. The van der Waals surface area contributed by atoms with Gasteiger partial charge >= 0.3 is 0 Å². The number of hydrogen-bond acceptors (Lipinski definition) is 3. The molecule has 140 valence electrons. The number of nitrogens with zero attached hydrogens (tertiary/aromatic N) is 1. The van der Waals surface area contributed by atoms with Crippen molar-refractivity contribution in [2.45, 2.75) is 25.7 Å². The average molecular weight is 460 g/mol. The number of nitrogens with one attached hydrogen (secondary N) is 1. The molecule has 1 amide bonds. The number of sulfonamides is 1. The molecule has 0 bridgehead atoms. The molecule has 26 heavy (non-hydrogen) atoms. The van der Waals surface area contributed by atoms with Gasteiger partial charge in [-0.3, -0.25) is 4.79 Å². The Morgan fingerprint density at radius 1 is 1.15 bits per heavy atom. The zero-order valence-corrected chi connectivity index (χ0v) is 17.9. The molecular weight excluding hydrogens is 440 g/mol. The van der Waals surface area contributed by atoms with E-state index in [1.165, 1.54) is 22.5 Å². The number of carbonyl (C=O) groups is 1. The van der Waals surface area contributed by atoms with Gasteiger partial charge in [0.2, 0.25) is 10.0 Å². The Hall–Kier alpha value is -1.41. The van der Waals surface area contributed by atoms with Gasteiger partial charge in [-0.05, 0) is 58.7 Å². The summed E-state index contributed by atoms with van der Waals surface area (Å²) in [6.45, 7) is 6.16. The van der Waals surface area contributed by atoms with Crippen LogP contribution in [0, 0.1) is 6.92 Å². The highest BCUT2D eigenvalue weighted by Crippen LogP contribution is 2.27. The second kappa shape index (κ2) is 8.52. The van der Waals surface area contributed by atoms with E-state index < -0.39 is 15.9 Å². The van der Waals surface area contributed by atoms with E-state index in [1.807, 2.05) is 19.1 Å². The average Bonchev–Trinajstić information content (AvgIpc) is 2.58. The summed E-state index contributed by atoms with van der Waals surface area (Å²) < 4.78 is 27.4. The van der Waals surface area contributed by atoms with Crippen molar-refractivity contribution in [3.63, 3.8) is 0 Å². The Morgan fingerprint density at radius 3 is 2.38 bits per heavy atom. The maximum Gasteiger partial charge on any atom is 0.257 e. The Labute approximate surface area is 167 Å². The van der Waals surface area contributed by atoms with Gasteiger partial charge in [-0.25, -0.2) is 8.42 Å². The van der Waals surface area contributed by atoms with Gasteiger partial charge in [-0.2, -0.15) is 4.31 Å². The molecule has 8 heteroatoms. The fourth-order valence-corrected chi connectivity index (χ4v) is 4.74. The van der Waals surface area contributed by atoms with Crippen LogP contribution in [-0.2, 0) is 10.0 Å². The predicted octanol–water partition coefficient (Wildman–Crippen LogP) is 4.69. The van der Waals surface area contributed by atoms with E-state index in [4.69, 9.17) is 11.6 Å². The van der Waals surface area contributed by atoms with Crippen molar-refractivity contribution in [2.75, 3.05) is 18.4 Å². The minimum Gasteiger partial charge on any atom is -0.321 e. The molecule has 5 nitrogen and oxygen atoms in total. The lowest BCUT2D eigenvalue weighted by Gasteiger charge is -2.19. The van der Waals surface area contributed by atoms with Crippen molar-refractivity contribution >= 4 is 49.1 Å². The highest BCUT2D eigenvalue weighted by Gasteiger charge is 2.24. The predicted molar refractivity (Wildman–Crippen MR) is 108 cm³/mol. The van der Waals surface area contributed by atoms with Crippen molar-refractivity contribution in [3.05, 3.63) is 57.0 Å². The van der Waals surface area contributed by atoms with Crippen molar-refractivity contribution in [1.82, 2.24) is 4.31 Å². The lowest BCUT2D eigenvalue weighted by atomic mass is 10.2. The lowest BCUT2D eigenvalue weighted by Crippen LogP contribution is -2.30. The molecule has 0 saturated carbocycles. The van der Waals surface area contributed by atoms with Crippen LogP contribution < -0.4 is 5.32 Å². The monoisotopic (exact) mass is 458 g/mol. The van der Waals surface area contributed by atoms with Crippen LogP contribution in [0.2, 0.25) is 5.02 Å². The smallest absolute Gasteiger partial charge is 0.257 e. The van der Waals surface area contributed by atoms with Crippen LogP contribution in [0.3, 0.4) is 0 Å². The minimum absolute atomic E-state index is 0.0405. The summed E-state index contributed by atoms with van der Waals surface area (Å²) in [5, 5.41) is 2.94. The molecule has 0 aromatic heterocycles. The summed E-state index contributed by atoms with van der Waals surface area (Å²) in [6.07, 6.45) is 0. The molecule has 0 fully saturated rings. The Bertz CT molecular complexity index is 928. The number of hydrogen-bond donors (Lipinski definition) is 1. The SMILES string of the molecule is CCN(CC)S(=O)(=O)c1ccc(Cl)c(C(=O)Nc2ccc(C)cc2Br)c1. The van der Waals surface area contributed by atoms with Crippen LogP contribution in [0.5, 0.6) is 0 Å². The number of rotatable bonds is 6.